The molecule has 0 aliphatic carbocycles. The van der Waals surface area contributed by atoms with Gasteiger partial charge < -0.3 is 26.0 Å². The fourth-order valence-corrected chi connectivity index (χ4v) is 0.630. The van der Waals surface area contributed by atoms with Crippen LogP contribution in [0.25, 0.3) is 0 Å². The second-order valence-corrected chi connectivity index (χ2v) is 2.46. The quantitative estimate of drug-likeness (QED) is 0.572. The third-order valence-electron chi connectivity index (χ3n) is 0.990. The van der Waals surface area contributed by atoms with Crippen molar-refractivity contribution in [2.45, 2.75) is 27.1 Å². The van der Waals surface area contributed by atoms with Gasteiger partial charge in [0.25, 0.3) is 5.97 Å². The van der Waals surface area contributed by atoms with Crippen molar-refractivity contribution in [2.75, 3.05) is 13.2 Å². The molecule has 0 rings (SSSR count). The Morgan fingerprint density at radius 2 is 1.67 bits per heavy atom. The Labute approximate surface area is 89.8 Å². The molecule has 0 aromatic rings. The van der Waals surface area contributed by atoms with E-state index in [1.165, 1.54) is 6.08 Å². The van der Waals surface area contributed by atoms with E-state index in [4.69, 9.17) is 30.8 Å². The van der Waals surface area contributed by atoms with Gasteiger partial charge in [-0.2, -0.15) is 0 Å². The number of rotatable bonds is 5. The van der Waals surface area contributed by atoms with Gasteiger partial charge in [-0.1, -0.05) is 0 Å². The first-order valence-corrected chi connectivity index (χ1v) is 4.59. The molecule has 0 aromatic carbocycles. The van der Waals surface area contributed by atoms with E-state index in [-0.39, 0.29) is 5.82 Å². The SMILES string of the molecule is CC(=O)O.CCOC(C=C(N)N)OCC. The molecule has 0 spiro atoms. The van der Waals surface area contributed by atoms with Crippen molar-refractivity contribution in [3.05, 3.63) is 11.9 Å². The first kappa shape index (κ1) is 16.2. The molecule has 0 unspecified atom stereocenters. The zero-order valence-corrected chi connectivity index (χ0v) is 9.40. The van der Waals surface area contributed by atoms with Gasteiger partial charge in [0.1, 0.15) is 0 Å². The number of carboxylic acid groups (broad SMARTS) is 1. The molecule has 0 amide bonds. The Balaban J connectivity index is 0. The monoisotopic (exact) mass is 220 g/mol. The highest BCUT2D eigenvalue weighted by Gasteiger charge is 2.02. The molecule has 0 radical (unpaired) electrons. The topological polar surface area (TPSA) is 108 Å². The standard InChI is InChI=1S/C7H16N2O2.C2H4O2/c1-3-10-7(11-4-2)5-6(8)9;1-2(3)4/h5,7H,3-4,8-9H2,1-2H3;1H3,(H,3,4). The minimum Gasteiger partial charge on any atom is -0.481 e. The number of nitrogens with two attached hydrogens (primary N) is 2. The zero-order valence-electron chi connectivity index (χ0n) is 9.40. The van der Waals surface area contributed by atoms with Gasteiger partial charge in [0.05, 0.1) is 5.82 Å². The molecule has 0 bridgehead atoms. The number of ether oxygens (including phenoxy) is 2. The van der Waals surface area contributed by atoms with Gasteiger partial charge in [-0.3, -0.25) is 4.79 Å². The van der Waals surface area contributed by atoms with Crippen LogP contribution in [0.1, 0.15) is 20.8 Å². The summed E-state index contributed by atoms with van der Waals surface area (Å²) in [4.78, 5) is 9.00. The average Bonchev–Trinajstić information content (AvgIpc) is 2.02. The lowest BCUT2D eigenvalue weighted by Crippen LogP contribution is -2.19. The normalized spacial score (nSPS) is 9.07. The molecule has 0 saturated heterocycles. The predicted molar refractivity (Wildman–Crippen MR) is 56.8 cm³/mol. The van der Waals surface area contributed by atoms with Crippen molar-refractivity contribution < 1.29 is 19.4 Å². The van der Waals surface area contributed by atoms with Gasteiger partial charge in [-0.25, -0.2) is 0 Å². The summed E-state index contributed by atoms with van der Waals surface area (Å²) in [6.07, 6.45) is 1.13. The first-order valence-electron chi connectivity index (χ1n) is 4.59. The van der Waals surface area contributed by atoms with Crippen molar-refractivity contribution in [1.29, 1.82) is 0 Å². The molecule has 0 saturated carbocycles. The molecule has 0 atom stereocenters. The third-order valence-corrected chi connectivity index (χ3v) is 0.990. The molecule has 6 heteroatoms. The van der Waals surface area contributed by atoms with Gasteiger partial charge >= 0.3 is 0 Å². The van der Waals surface area contributed by atoms with E-state index in [0.29, 0.717) is 13.2 Å². The number of hydrogen-bond donors (Lipinski definition) is 3. The summed E-state index contributed by atoms with van der Waals surface area (Å²) in [5, 5.41) is 7.42. The van der Waals surface area contributed by atoms with E-state index in [1.54, 1.807) is 0 Å². The van der Waals surface area contributed by atoms with Gasteiger partial charge in [-0.05, 0) is 13.8 Å². The fraction of sp³-hybridized carbons (Fsp3) is 0.667. The van der Waals surface area contributed by atoms with Crippen molar-refractivity contribution in [1.82, 2.24) is 0 Å². The Morgan fingerprint density at radius 1 is 1.33 bits per heavy atom. The average molecular weight is 220 g/mol. The molecular formula is C9H20N2O4. The minimum absolute atomic E-state index is 0.219. The Morgan fingerprint density at radius 3 is 1.87 bits per heavy atom. The van der Waals surface area contributed by atoms with Gasteiger partial charge in [-0.15, -0.1) is 0 Å². The summed E-state index contributed by atoms with van der Waals surface area (Å²) < 4.78 is 10.3. The maximum atomic E-state index is 9.00. The highest BCUT2D eigenvalue weighted by atomic mass is 16.7. The highest BCUT2D eigenvalue weighted by molar-refractivity contribution is 5.62. The largest absolute Gasteiger partial charge is 0.481 e. The van der Waals surface area contributed by atoms with E-state index in [1.807, 2.05) is 13.8 Å². The predicted octanol–water partition coefficient (Wildman–Crippen LogP) is 0.235. The third kappa shape index (κ3) is 19.2. The first-order chi connectivity index (χ1) is 6.93. The van der Waals surface area contributed by atoms with E-state index in [9.17, 15) is 0 Å². The molecular weight excluding hydrogens is 200 g/mol. The highest BCUT2D eigenvalue weighted by Crippen LogP contribution is 1.96. The minimum atomic E-state index is -0.833. The van der Waals surface area contributed by atoms with Crippen LogP contribution in [0.15, 0.2) is 11.9 Å². The van der Waals surface area contributed by atoms with Crippen LogP contribution in [-0.4, -0.2) is 30.6 Å². The zero-order chi connectivity index (χ0) is 12.3. The molecule has 6 nitrogen and oxygen atoms in total. The van der Waals surface area contributed by atoms with Crippen molar-refractivity contribution in [2.24, 2.45) is 11.5 Å². The Hall–Kier alpha value is -1.27. The number of hydrogen-bond acceptors (Lipinski definition) is 5. The molecule has 0 aliphatic rings. The summed E-state index contributed by atoms with van der Waals surface area (Å²) in [5.41, 5.74) is 10.5. The van der Waals surface area contributed by atoms with Crippen LogP contribution in [0.2, 0.25) is 0 Å². The van der Waals surface area contributed by atoms with Crippen LogP contribution >= 0.6 is 0 Å². The summed E-state index contributed by atoms with van der Waals surface area (Å²) in [6.45, 7) is 6.00. The Bertz CT molecular complexity index is 181. The smallest absolute Gasteiger partial charge is 0.300 e. The molecule has 0 fully saturated rings. The van der Waals surface area contributed by atoms with Crippen LogP contribution in [0.5, 0.6) is 0 Å². The van der Waals surface area contributed by atoms with Gasteiger partial charge in [0, 0.05) is 26.2 Å². The molecule has 0 aliphatic heterocycles. The summed E-state index contributed by atoms with van der Waals surface area (Å²) in [7, 11) is 0. The van der Waals surface area contributed by atoms with Crippen LogP contribution in [0.3, 0.4) is 0 Å². The van der Waals surface area contributed by atoms with Crippen molar-refractivity contribution in [3.8, 4) is 0 Å². The molecule has 0 heterocycles. The number of carbonyl (C=O) groups is 1. The van der Waals surface area contributed by atoms with E-state index in [0.717, 1.165) is 6.92 Å². The van der Waals surface area contributed by atoms with Crippen LogP contribution in [0.4, 0.5) is 0 Å². The van der Waals surface area contributed by atoms with E-state index < -0.39 is 12.3 Å². The lowest BCUT2D eigenvalue weighted by atomic mass is 10.5. The van der Waals surface area contributed by atoms with Crippen LogP contribution in [0, 0.1) is 0 Å². The lowest BCUT2D eigenvalue weighted by Gasteiger charge is -2.12. The van der Waals surface area contributed by atoms with E-state index >= 15 is 0 Å². The van der Waals surface area contributed by atoms with Gasteiger partial charge in [0.2, 0.25) is 0 Å². The van der Waals surface area contributed by atoms with E-state index in [2.05, 4.69) is 0 Å². The maximum absolute atomic E-state index is 9.00. The summed E-state index contributed by atoms with van der Waals surface area (Å²) in [6, 6.07) is 0. The second-order valence-electron chi connectivity index (χ2n) is 2.46. The fourth-order valence-electron chi connectivity index (χ4n) is 0.630. The molecule has 15 heavy (non-hydrogen) atoms. The number of carboxylic acids is 1. The summed E-state index contributed by atoms with van der Waals surface area (Å²) >= 11 is 0. The van der Waals surface area contributed by atoms with Crippen molar-refractivity contribution >= 4 is 5.97 Å². The second kappa shape index (κ2) is 10.8. The number of aliphatic carboxylic acids is 1. The van der Waals surface area contributed by atoms with Crippen LogP contribution in [-0.2, 0) is 14.3 Å². The maximum Gasteiger partial charge on any atom is 0.300 e. The molecule has 5 N–H and O–H groups in total. The van der Waals surface area contributed by atoms with Crippen molar-refractivity contribution in [3.63, 3.8) is 0 Å². The Kier molecular flexibility index (Phi) is 11.7. The lowest BCUT2D eigenvalue weighted by molar-refractivity contribution is -0.134. The molecule has 0 aromatic heterocycles. The van der Waals surface area contributed by atoms with Crippen LogP contribution < -0.4 is 11.5 Å². The van der Waals surface area contributed by atoms with Gasteiger partial charge in [0.15, 0.2) is 6.29 Å². The summed E-state index contributed by atoms with van der Waals surface area (Å²) in [5.74, 6) is -0.614. The molecule has 90 valence electrons.